The van der Waals surface area contributed by atoms with Crippen molar-refractivity contribution in [1.29, 1.82) is 0 Å². The SMILES string of the molecule is Oc1cccc([SiH](O)Cl)c1O. The molecule has 0 radical (unpaired) electrons. The Morgan fingerprint density at radius 2 is 1.91 bits per heavy atom. The summed E-state index contributed by atoms with van der Waals surface area (Å²) < 4.78 is 0. The van der Waals surface area contributed by atoms with Crippen LogP contribution in [0.1, 0.15) is 0 Å². The molecule has 1 rings (SSSR count). The van der Waals surface area contributed by atoms with Gasteiger partial charge in [0.15, 0.2) is 11.5 Å². The summed E-state index contributed by atoms with van der Waals surface area (Å²) in [7, 11) is -2.53. The number of hydrogen-bond donors (Lipinski definition) is 3. The second-order valence-electron chi connectivity index (χ2n) is 2.05. The first kappa shape index (κ1) is 8.38. The maximum Gasteiger partial charge on any atom is 0.307 e. The number of rotatable bonds is 1. The van der Waals surface area contributed by atoms with E-state index in [1.165, 1.54) is 18.2 Å². The van der Waals surface area contributed by atoms with E-state index in [1.807, 2.05) is 0 Å². The summed E-state index contributed by atoms with van der Waals surface area (Å²) in [4.78, 5) is 8.96. The normalized spacial score (nSPS) is 12.9. The van der Waals surface area contributed by atoms with Crippen LogP contribution in [-0.4, -0.2) is 23.4 Å². The van der Waals surface area contributed by atoms with Gasteiger partial charge >= 0.3 is 8.35 Å². The highest BCUT2D eigenvalue weighted by Gasteiger charge is 2.13. The van der Waals surface area contributed by atoms with Crippen LogP contribution in [0.4, 0.5) is 0 Å². The number of phenols is 2. The van der Waals surface area contributed by atoms with Crippen molar-refractivity contribution in [3.8, 4) is 11.5 Å². The first-order valence-electron chi connectivity index (χ1n) is 2.96. The van der Waals surface area contributed by atoms with E-state index in [1.54, 1.807) is 0 Å². The molecule has 11 heavy (non-hydrogen) atoms. The van der Waals surface area contributed by atoms with Crippen molar-refractivity contribution in [1.82, 2.24) is 0 Å². The minimum atomic E-state index is -2.53. The predicted molar refractivity (Wildman–Crippen MR) is 44.6 cm³/mol. The Hall–Kier alpha value is -0.713. The Kier molecular flexibility index (Phi) is 2.38. The van der Waals surface area contributed by atoms with Crippen LogP contribution in [0.3, 0.4) is 0 Å². The number of benzene rings is 1. The fourth-order valence-electron chi connectivity index (χ4n) is 0.741. The van der Waals surface area contributed by atoms with Crippen molar-refractivity contribution in [2.24, 2.45) is 0 Å². The van der Waals surface area contributed by atoms with Crippen LogP contribution in [-0.2, 0) is 0 Å². The van der Waals surface area contributed by atoms with E-state index in [4.69, 9.17) is 26.1 Å². The highest BCUT2D eigenvalue weighted by atomic mass is 35.6. The first-order valence-corrected chi connectivity index (χ1v) is 5.80. The molecule has 0 aliphatic carbocycles. The molecule has 0 saturated carbocycles. The van der Waals surface area contributed by atoms with Crippen LogP contribution in [0.25, 0.3) is 0 Å². The molecule has 0 spiro atoms. The van der Waals surface area contributed by atoms with E-state index in [2.05, 4.69) is 0 Å². The number of hydrogen-bond acceptors (Lipinski definition) is 3. The van der Waals surface area contributed by atoms with Crippen LogP contribution in [0.15, 0.2) is 18.2 Å². The molecule has 5 heteroatoms. The molecule has 0 amide bonds. The van der Waals surface area contributed by atoms with Gasteiger partial charge in [0.1, 0.15) is 0 Å². The average Bonchev–Trinajstić information content (AvgIpc) is 1.94. The van der Waals surface area contributed by atoms with Gasteiger partial charge in [0.05, 0.1) is 0 Å². The van der Waals surface area contributed by atoms with Gasteiger partial charge in [-0.2, -0.15) is 0 Å². The molecule has 1 aromatic carbocycles. The van der Waals surface area contributed by atoms with E-state index < -0.39 is 8.35 Å². The minimum Gasteiger partial charge on any atom is -0.504 e. The molecule has 0 aliphatic rings. The standard InChI is InChI=1S/C6H7ClO3Si/c7-11(10)5-3-1-2-4(8)6(5)9/h1-3,8-11H. The third-order valence-corrected chi connectivity index (χ3v) is 2.99. The van der Waals surface area contributed by atoms with Crippen LogP contribution < -0.4 is 5.19 Å². The summed E-state index contributed by atoms with van der Waals surface area (Å²) >= 11 is 5.40. The first-order chi connectivity index (χ1) is 5.13. The summed E-state index contributed by atoms with van der Waals surface area (Å²) in [5.74, 6) is -0.573. The number of para-hydroxylation sites is 1. The zero-order valence-electron chi connectivity index (χ0n) is 5.53. The molecular weight excluding hydrogens is 184 g/mol. The summed E-state index contributed by atoms with van der Waals surface area (Å²) in [6.07, 6.45) is 0. The van der Waals surface area contributed by atoms with E-state index in [0.29, 0.717) is 0 Å². The Morgan fingerprint density at radius 3 is 2.36 bits per heavy atom. The molecule has 3 nitrogen and oxygen atoms in total. The van der Waals surface area contributed by atoms with E-state index in [9.17, 15) is 0 Å². The second kappa shape index (κ2) is 3.12. The molecule has 1 unspecified atom stereocenters. The van der Waals surface area contributed by atoms with Gasteiger partial charge < -0.3 is 15.0 Å². The number of aromatic hydroxyl groups is 2. The smallest absolute Gasteiger partial charge is 0.307 e. The molecule has 0 bridgehead atoms. The van der Waals surface area contributed by atoms with E-state index >= 15 is 0 Å². The minimum absolute atomic E-state index is 0.242. The fraction of sp³-hybridized carbons (Fsp3) is 0. The van der Waals surface area contributed by atoms with Gasteiger partial charge in [0, 0.05) is 5.19 Å². The molecule has 0 fully saturated rings. The maximum absolute atomic E-state index is 9.11. The van der Waals surface area contributed by atoms with Crippen molar-refractivity contribution in [2.45, 2.75) is 0 Å². The van der Waals surface area contributed by atoms with Gasteiger partial charge in [0.2, 0.25) is 0 Å². The Balaban J connectivity index is 3.17. The van der Waals surface area contributed by atoms with Crippen LogP contribution >= 0.6 is 11.1 Å². The van der Waals surface area contributed by atoms with Crippen molar-refractivity contribution in [3.05, 3.63) is 18.2 Å². The fourth-order valence-corrected chi connectivity index (χ4v) is 1.91. The Bertz CT molecular complexity index is 264. The molecule has 0 heterocycles. The topological polar surface area (TPSA) is 60.7 Å². The number of phenolic OH excluding ortho intramolecular Hbond substituents is 2. The summed E-state index contributed by atoms with van der Waals surface area (Å²) in [6.45, 7) is 0. The summed E-state index contributed by atoms with van der Waals surface area (Å²) in [6, 6.07) is 4.33. The molecule has 3 N–H and O–H groups in total. The highest BCUT2D eigenvalue weighted by molar-refractivity contribution is 7.10. The van der Waals surface area contributed by atoms with Gasteiger partial charge in [-0.1, -0.05) is 12.1 Å². The van der Waals surface area contributed by atoms with Crippen molar-refractivity contribution >= 4 is 24.6 Å². The van der Waals surface area contributed by atoms with Crippen LogP contribution in [0, 0.1) is 0 Å². The lowest BCUT2D eigenvalue weighted by molar-refractivity contribution is 0.406. The van der Waals surface area contributed by atoms with Gasteiger partial charge in [0.25, 0.3) is 0 Å². The Labute approximate surface area is 69.9 Å². The largest absolute Gasteiger partial charge is 0.504 e. The highest BCUT2D eigenvalue weighted by Crippen LogP contribution is 2.21. The molecule has 0 aliphatic heterocycles. The molecule has 0 aromatic heterocycles. The van der Waals surface area contributed by atoms with Gasteiger partial charge in [-0.05, 0) is 6.07 Å². The lowest BCUT2D eigenvalue weighted by Crippen LogP contribution is -2.23. The zero-order valence-corrected chi connectivity index (χ0v) is 7.44. The molecule has 60 valence electrons. The Morgan fingerprint density at radius 1 is 1.27 bits per heavy atom. The van der Waals surface area contributed by atoms with Gasteiger partial charge in [-0.15, -0.1) is 11.1 Å². The second-order valence-corrected chi connectivity index (χ2v) is 4.58. The summed E-state index contributed by atoms with van der Waals surface area (Å²) in [5, 5.41) is 18.3. The predicted octanol–water partition coefficient (Wildman–Crippen LogP) is -0.244. The van der Waals surface area contributed by atoms with Crippen molar-refractivity contribution in [2.75, 3.05) is 0 Å². The van der Waals surface area contributed by atoms with Crippen molar-refractivity contribution < 1.29 is 15.0 Å². The lowest BCUT2D eigenvalue weighted by Gasteiger charge is -2.04. The van der Waals surface area contributed by atoms with Crippen molar-refractivity contribution in [3.63, 3.8) is 0 Å². The number of halogens is 1. The third-order valence-electron chi connectivity index (χ3n) is 1.30. The molecule has 1 atom stereocenters. The monoisotopic (exact) mass is 190 g/mol. The van der Waals surface area contributed by atoms with Gasteiger partial charge in [-0.3, -0.25) is 0 Å². The summed E-state index contributed by atoms with van der Waals surface area (Å²) in [5.41, 5.74) is 0. The molecule has 0 saturated heterocycles. The van der Waals surface area contributed by atoms with Crippen LogP contribution in [0.2, 0.25) is 0 Å². The quantitative estimate of drug-likeness (QED) is 0.325. The molecular formula is C6H7ClO3Si. The lowest BCUT2D eigenvalue weighted by atomic mass is 10.3. The maximum atomic E-state index is 9.11. The van der Waals surface area contributed by atoms with E-state index in [-0.39, 0.29) is 16.7 Å². The van der Waals surface area contributed by atoms with Crippen LogP contribution in [0.5, 0.6) is 11.5 Å². The molecule has 1 aromatic rings. The zero-order chi connectivity index (χ0) is 8.43. The van der Waals surface area contributed by atoms with E-state index in [0.717, 1.165) is 0 Å². The average molecular weight is 191 g/mol. The third kappa shape index (κ3) is 1.65. The van der Waals surface area contributed by atoms with Gasteiger partial charge in [-0.25, -0.2) is 0 Å².